The molecule has 2 rings (SSSR count). The fraction of sp³-hybridized carbons (Fsp3) is 0.571. The first-order valence-electron chi connectivity index (χ1n) is 6.85. The summed E-state index contributed by atoms with van der Waals surface area (Å²) in [5.74, 6) is 6.09. The van der Waals surface area contributed by atoms with Crippen LogP contribution in [0.2, 0.25) is 0 Å². The summed E-state index contributed by atoms with van der Waals surface area (Å²) < 4.78 is 0. The molecule has 0 aliphatic heterocycles. The monoisotopic (exact) mass is 262 g/mol. The normalized spacial score (nSPS) is 14.5. The molecule has 0 atom stereocenters. The summed E-state index contributed by atoms with van der Waals surface area (Å²) in [6.45, 7) is 5.16. The molecule has 0 bridgehead atoms. The van der Waals surface area contributed by atoms with Gasteiger partial charge in [-0.15, -0.1) is 0 Å². The summed E-state index contributed by atoms with van der Waals surface area (Å²) in [6.07, 6.45) is 6.46. The van der Waals surface area contributed by atoms with E-state index in [1.807, 2.05) is 4.90 Å². The Labute approximate surface area is 114 Å². The number of nitrogens with one attached hydrogen (secondary N) is 1. The molecule has 0 spiro atoms. The van der Waals surface area contributed by atoms with Crippen molar-refractivity contribution in [2.24, 2.45) is 11.8 Å². The lowest BCUT2D eigenvalue weighted by Gasteiger charge is -2.24. The SMILES string of the molecule is CC(C)CCN(C(=O)c1ccncc1NN)C1CC1. The highest BCUT2D eigenvalue weighted by Crippen LogP contribution is 2.30. The molecule has 1 aromatic rings. The first-order valence-corrected chi connectivity index (χ1v) is 6.85. The van der Waals surface area contributed by atoms with E-state index in [2.05, 4.69) is 24.3 Å². The molecule has 1 saturated carbocycles. The fourth-order valence-corrected chi connectivity index (χ4v) is 2.08. The van der Waals surface area contributed by atoms with E-state index < -0.39 is 0 Å². The van der Waals surface area contributed by atoms with Crippen molar-refractivity contribution >= 4 is 11.6 Å². The minimum atomic E-state index is 0.0542. The Balaban J connectivity index is 2.14. The molecule has 0 radical (unpaired) electrons. The molecule has 0 unspecified atom stereocenters. The Morgan fingerprint density at radius 2 is 2.32 bits per heavy atom. The number of nitrogens with zero attached hydrogens (tertiary/aromatic N) is 2. The lowest BCUT2D eigenvalue weighted by atomic mass is 10.1. The van der Waals surface area contributed by atoms with Crippen LogP contribution in [0.15, 0.2) is 18.5 Å². The number of amides is 1. The van der Waals surface area contributed by atoms with E-state index in [-0.39, 0.29) is 5.91 Å². The largest absolute Gasteiger partial charge is 0.336 e. The van der Waals surface area contributed by atoms with Gasteiger partial charge in [0.2, 0.25) is 0 Å². The minimum Gasteiger partial charge on any atom is -0.336 e. The average Bonchev–Trinajstić information content (AvgIpc) is 3.23. The van der Waals surface area contributed by atoms with Crippen LogP contribution in [-0.2, 0) is 0 Å². The number of nitrogens with two attached hydrogens (primary N) is 1. The number of pyridine rings is 1. The Morgan fingerprint density at radius 3 is 2.89 bits per heavy atom. The van der Waals surface area contributed by atoms with Gasteiger partial charge in [-0.1, -0.05) is 13.8 Å². The molecule has 3 N–H and O–H groups in total. The third-order valence-electron chi connectivity index (χ3n) is 3.40. The van der Waals surface area contributed by atoms with Crippen molar-refractivity contribution in [3.63, 3.8) is 0 Å². The van der Waals surface area contributed by atoms with Crippen LogP contribution in [0.3, 0.4) is 0 Å². The Kier molecular flexibility index (Phi) is 4.37. The highest BCUT2D eigenvalue weighted by atomic mass is 16.2. The van der Waals surface area contributed by atoms with Gasteiger partial charge >= 0.3 is 0 Å². The Hall–Kier alpha value is -1.62. The molecule has 19 heavy (non-hydrogen) atoms. The van der Waals surface area contributed by atoms with Gasteiger partial charge in [0, 0.05) is 18.8 Å². The number of anilines is 1. The van der Waals surface area contributed by atoms with Crippen molar-refractivity contribution in [2.75, 3.05) is 12.0 Å². The topological polar surface area (TPSA) is 71.2 Å². The fourth-order valence-electron chi connectivity index (χ4n) is 2.08. The van der Waals surface area contributed by atoms with Crippen LogP contribution in [0.25, 0.3) is 0 Å². The maximum atomic E-state index is 12.6. The number of hydrazine groups is 1. The van der Waals surface area contributed by atoms with Gasteiger partial charge in [0.05, 0.1) is 17.4 Å². The number of nitrogen functional groups attached to an aromatic ring is 1. The highest BCUT2D eigenvalue weighted by molar-refractivity contribution is 5.99. The summed E-state index contributed by atoms with van der Waals surface area (Å²) in [4.78, 5) is 18.6. The zero-order valence-corrected chi connectivity index (χ0v) is 11.6. The molecule has 0 saturated heterocycles. The van der Waals surface area contributed by atoms with Crippen LogP contribution in [0.1, 0.15) is 43.5 Å². The van der Waals surface area contributed by atoms with Crippen molar-refractivity contribution in [1.29, 1.82) is 0 Å². The minimum absolute atomic E-state index is 0.0542. The molecule has 0 aromatic carbocycles. The van der Waals surface area contributed by atoms with Crippen LogP contribution in [0, 0.1) is 5.92 Å². The molecule has 1 heterocycles. The molecular weight excluding hydrogens is 240 g/mol. The molecule has 104 valence electrons. The average molecular weight is 262 g/mol. The predicted molar refractivity (Wildman–Crippen MR) is 75.6 cm³/mol. The van der Waals surface area contributed by atoms with Gasteiger partial charge in [-0.05, 0) is 31.2 Å². The summed E-state index contributed by atoms with van der Waals surface area (Å²) in [7, 11) is 0. The van der Waals surface area contributed by atoms with Gasteiger partial charge in [-0.2, -0.15) is 0 Å². The van der Waals surface area contributed by atoms with Crippen LogP contribution in [0.5, 0.6) is 0 Å². The maximum Gasteiger partial charge on any atom is 0.256 e. The predicted octanol–water partition coefficient (Wildman–Crippen LogP) is 2.02. The maximum absolute atomic E-state index is 12.6. The smallest absolute Gasteiger partial charge is 0.256 e. The second-order valence-electron chi connectivity index (χ2n) is 5.48. The van der Waals surface area contributed by atoms with E-state index in [1.54, 1.807) is 18.5 Å². The molecule has 1 aliphatic rings. The summed E-state index contributed by atoms with van der Waals surface area (Å²) in [5, 5.41) is 0. The zero-order valence-electron chi connectivity index (χ0n) is 11.6. The zero-order chi connectivity index (χ0) is 13.8. The van der Waals surface area contributed by atoms with Gasteiger partial charge in [0.1, 0.15) is 0 Å². The Bertz CT molecular complexity index is 443. The first kappa shape index (κ1) is 13.8. The van der Waals surface area contributed by atoms with Crippen LogP contribution < -0.4 is 11.3 Å². The molecule has 1 amide bonds. The van der Waals surface area contributed by atoms with Crippen LogP contribution >= 0.6 is 0 Å². The second-order valence-corrected chi connectivity index (χ2v) is 5.48. The van der Waals surface area contributed by atoms with Crippen molar-refractivity contribution in [1.82, 2.24) is 9.88 Å². The van der Waals surface area contributed by atoms with Crippen LogP contribution in [-0.4, -0.2) is 28.4 Å². The van der Waals surface area contributed by atoms with E-state index in [4.69, 9.17) is 5.84 Å². The lowest BCUT2D eigenvalue weighted by Crippen LogP contribution is -2.35. The molecule has 1 fully saturated rings. The van der Waals surface area contributed by atoms with E-state index in [0.717, 1.165) is 25.8 Å². The van der Waals surface area contributed by atoms with Crippen molar-refractivity contribution in [3.8, 4) is 0 Å². The lowest BCUT2D eigenvalue weighted by molar-refractivity contribution is 0.0736. The molecule has 5 heteroatoms. The number of aromatic nitrogens is 1. The van der Waals surface area contributed by atoms with Crippen molar-refractivity contribution in [3.05, 3.63) is 24.0 Å². The second kappa shape index (κ2) is 6.02. The van der Waals surface area contributed by atoms with Crippen LogP contribution in [0.4, 0.5) is 5.69 Å². The number of hydrogen-bond donors (Lipinski definition) is 2. The van der Waals surface area contributed by atoms with E-state index >= 15 is 0 Å². The van der Waals surface area contributed by atoms with Crippen molar-refractivity contribution in [2.45, 2.75) is 39.2 Å². The first-order chi connectivity index (χ1) is 9.13. The number of carbonyl (C=O) groups excluding carboxylic acids is 1. The molecule has 5 nitrogen and oxygen atoms in total. The molecule has 1 aromatic heterocycles. The van der Waals surface area contributed by atoms with E-state index in [0.29, 0.717) is 23.2 Å². The third-order valence-corrected chi connectivity index (χ3v) is 3.40. The van der Waals surface area contributed by atoms with Crippen molar-refractivity contribution < 1.29 is 4.79 Å². The summed E-state index contributed by atoms with van der Waals surface area (Å²) in [5.41, 5.74) is 3.74. The summed E-state index contributed by atoms with van der Waals surface area (Å²) >= 11 is 0. The highest BCUT2D eigenvalue weighted by Gasteiger charge is 2.33. The number of carbonyl (C=O) groups is 1. The quantitative estimate of drug-likeness (QED) is 0.608. The van der Waals surface area contributed by atoms with E-state index in [9.17, 15) is 4.79 Å². The number of hydrogen-bond acceptors (Lipinski definition) is 4. The van der Waals surface area contributed by atoms with Gasteiger partial charge in [-0.25, -0.2) is 0 Å². The standard InChI is InChI=1S/C14H22N4O/c1-10(2)6-8-18(11-3-4-11)14(19)12-5-7-16-9-13(12)17-15/h5,7,9-11,17H,3-4,6,8,15H2,1-2H3. The van der Waals surface area contributed by atoms with Gasteiger partial charge in [0.15, 0.2) is 0 Å². The van der Waals surface area contributed by atoms with Gasteiger partial charge in [-0.3, -0.25) is 15.6 Å². The summed E-state index contributed by atoms with van der Waals surface area (Å²) in [6, 6.07) is 2.13. The van der Waals surface area contributed by atoms with E-state index in [1.165, 1.54) is 0 Å². The number of rotatable bonds is 6. The van der Waals surface area contributed by atoms with Gasteiger partial charge in [0.25, 0.3) is 5.91 Å². The third kappa shape index (κ3) is 3.44. The Morgan fingerprint density at radius 1 is 1.58 bits per heavy atom. The molecular formula is C14H22N4O. The van der Waals surface area contributed by atoms with Gasteiger partial charge < -0.3 is 10.3 Å². The molecule has 1 aliphatic carbocycles.